The number of hydrazine groups is 1. The van der Waals surface area contributed by atoms with Crippen LogP contribution in [-0.2, 0) is 32.0 Å². The molecule has 186 valence electrons. The van der Waals surface area contributed by atoms with Crippen LogP contribution in [0.2, 0.25) is 0 Å². The fourth-order valence-electron chi connectivity index (χ4n) is 5.13. The Morgan fingerprint density at radius 3 is 2.74 bits per heavy atom. The van der Waals surface area contributed by atoms with Gasteiger partial charge in [0, 0.05) is 17.4 Å². The van der Waals surface area contributed by atoms with Crippen molar-refractivity contribution in [3.05, 3.63) is 29.5 Å². The minimum atomic E-state index is -0.962. The average Bonchev–Trinajstić information content (AvgIpc) is 3.33. The second-order valence-corrected chi connectivity index (χ2v) is 9.69. The van der Waals surface area contributed by atoms with Crippen LogP contribution < -0.4 is 15.5 Å². The molecule has 0 bridgehead atoms. The summed E-state index contributed by atoms with van der Waals surface area (Å²) >= 11 is 0. The predicted molar refractivity (Wildman–Crippen MR) is 123 cm³/mol. The Morgan fingerprint density at radius 2 is 1.94 bits per heavy atom. The first kappa shape index (κ1) is 23.2. The molecule has 10 heteroatoms. The van der Waals surface area contributed by atoms with Crippen molar-refractivity contribution < 1.29 is 33.1 Å². The molecule has 2 aliphatic carbocycles. The summed E-state index contributed by atoms with van der Waals surface area (Å²) in [5.41, 5.74) is 3.27. The molecule has 35 heavy (non-hydrogen) atoms. The van der Waals surface area contributed by atoms with Gasteiger partial charge in [-0.15, -0.1) is 0 Å². The lowest BCUT2D eigenvalue weighted by atomic mass is 9.77. The summed E-state index contributed by atoms with van der Waals surface area (Å²) in [4.78, 5) is 49.4. The molecule has 1 saturated heterocycles. The molecule has 2 fully saturated rings. The number of nitrogens with one attached hydrogen (secondary N) is 2. The van der Waals surface area contributed by atoms with Crippen molar-refractivity contribution in [1.82, 2.24) is 15.8 Å². The number of imide groups is 1. The van der Waals surface area contributed by atoms with Gasteiger partial charge in [0.2, 0.25) is 0 Å². The summed E-state index contributed by atoms with van der Waals surface area (Å²) in [5.74, 6) is -0.00168. The molecule has 2 aromatic rings. The molecule has 0 unspecified atom stereocenters. The van der Waals surface area contributed by atoms with E-state index >= 15 is 0 Å². The zero-order valence-corrected chi connectivity index (χ0v) is 19.7. The second kappa shape index (κ2) is 9.24. The van der Waals surface area contributed by atoms with E-state index in [1.807, 2.05) is 12.1 Å². The van der Waals surface area contributed by atoms with E-state index in [1.54, 1.807) is 6.07 Å². The van der Waals surface area contributed by atoms with Crippen molar-refractivity contribution in [2.24, 2.45) is 5.92 Å². The molecule has 0 atom stereocenters. The summed E-state index contributed by atoms with van der Waals surface area (Å²) in [6.07, 6.45) is 6.83. The van der Waals surface area contributed by atoms with Gasteiger partial charge in [0.05, 0.1) is 0 Å². The normalized spacial score (nSPS) is 23.8. The molecule has 1 aromatic heterocycles. The van der Waals surface area contributed by atoms with Crippen molar-refractivity contribution in [2.75, 3.05) is 13.2 Å². The van der Waals surface area contributed by atoms with Gasteiger partial charge >= 0.3 is 12.0 Å². The lowest BCUT2D eigenvalue weighted by Crippen LogP contribution is -2.52. The van der Waals surface area contributed by atoms with Crippen LogP contribution in [0, 0.1) is 5.92 Å². The van der Waals surface area contributed by atoms with Crippen LogP contribution >= 0.6 is 0 Å². The monoisotopic (exact) mass is 483 g/mol. The van der Waals surface area contributed by atoms with Crippen LogP contribution in [0.4, 0.5) is 4.79 Å². The number of amides is 4. The van der Waals surface area contributed by atoms with Gasteiger partial charge in [-0.3, -0.25) is 15.0 Å². The highest BCUT2D eigenvalue weighted by Gasteiger charge is 2.52. The molecule has 10 nitrogen and oxygen atoms in total. The minimum absolute atomic E-state index is 0.386. The van der Waals surface area contributed by atoms with Crippen LogP contribution in [0.5, 0.6) is 5.75 Å². The number of urea groups is 1. The molecule has 4 amide bonds. The van der Waals surface area contributed by atoms with Crippen molar-refractivity contribution in [3.8, 4) is 5.75 Å². The number of rotatable bonds is 6. The van der Waals surface area contributed by atoms with E-state index < -0.39 is 36.0 Å². The van der Waals surface area contributed by atoms with Gasteiger partial charge in [-0.2, -0.15) is 5.01 Å². The van der Waals surface area contributed by atoms with Crippen LogP contribution in [0.25, 0.3) is 11.0 Å². The molecule has 1 aromatic carbocycles. The van der Waals surface area contributed by atoms with E-state index in [0.29, 0.717) is 29.5 Å². The largest absolute Gasteiger partial charge is 0.482 e. The van der Waals surface area contributed by atoms with Gasteiger partial charge in [0.1, 0.15) is 22.6 Å². The predicted octanol–water partition coefficient (Wildman–Crippen LogP) is 2.77. The number of ether oxygens (including phenoxy) is 2. The fourth-order valence-corrected chi connectivity index (χ4v) is 5.13. The third kappa shape index (κ3) is 4.56. The van der Waals surface area contributed by atoms with Crippen molar-refractivity contribution in [2.45, 2.75) is 63.8 Å². The number of carbonyl (C=O) groups is 4. The van der Waals surface area contributed by atoms with E-state index in [0.717, 1.165) is 55.3 Å². The summed E-state index contributed by atoms with van der Waals surface area (Å²) in [6.45, 7) is 1.08. The highest BCUT2D eigenvalue weighted by molar-refractivity contribution is 6.08. The maximum absolute atomic E-state index is 12.8. The molecule has 5 rings (SSSR count). The van der Waals surface area contributed by atoms with Gasteiger partial charge < -0.3 is 19.2 Å². The number of nitrogens with zero attached hydrogens (tertiary/aromatic N) is 1. The van der Waals surface area contributed by atoms with Crippen molar-refractivity contribution in [1.29, 1.82) is 0 Å². The van der Waals surface area contributed by atoms with E-state index in [2.05, 4.69) is 17.7 Å². The molecule has 2 N–H and O–H groups in total. The van der Waals surface area contributed by atoms with Gasteiger partial charge in [-0.25, -0.2) is 9.59 Å². The van der Waals surface area contributed by atoms with Crippen LogP contribution in [0.1, 0.15) is 56.8 Å². The van der Waals surface area contributed by atoms with Gasteiger partial charge in [-0.05, 0) is 69.1 Å². The third-order valence-corrected chi connectivity index (χ3v) is 7.17. The first-order valence-corrected chi connectivity index (χ1v) is 12.1. The number of carbonyl (C=O) groups excluding carboxylic acids is 4. The standard InChI is InChI=1S/C25H29N3O7/c1-15-8-10-25(11-9-15)23(31)28(24(32)26-25)27-21(29)13-34-22(30)14-33-16-6-7-20-18(12-16)17-4-2-3-5-19(17)35-20/h6-7,12,15H,2-5,8-11,13-14H2,1H3,(H,26,32)(H,27,29). The Labute approximate surface area is 202 Å². The maximum Gasteiger partial charge on any atom is 0.344 e. The van der Waals surface area contributed by atoms with Crippen LogP contribution in [-0.4, -0.2) is 47.6 Å². The number of fused-ring (bicyclic) bond motifs is 3. The lowest BCUT2D eigenvalue weighted by Gasteiger charge is -2.33. The smallest absolute Gasteiger partial charge is 0.344 e. The summed E-state index contributed by atoms with van der Waals surface area (Å²) in [5, 5.41) is 4.39. The first-order chi connectivity index (χ1) is 16.8. The molecule has 3 aliphatic rings. The Balaban J connectivity index is 1.10. The van der Waals surface area contributed by atoms with Crippen molar-refractivity contribution >= 4 is 34.8 Å². The molecule has 1 aliphatic heterocycles. The summed E-state index contributed by atoms with van der Waals surface area (Å²) in [7, 11) is 0. The summed E-state index contributed by atoms with van der Waals surface area (Å²) in [6, 6.07) is 4.71. The number of esters is 1. The Bertz CT molecular complexity index is 1180. The Kier molecular flexibility index (Phi) is 6.12. The molecule has 0 radical (unpaired) electrons. The Morgan fingerprint density at radius 1 is 1.17 bits per heavy atom. The van der Waals surface area contributed by atoms with Gasteiger partial charge in [-0.1, -0.05) is 6.92 Å². The van der Waals surface area contributed by atoms with E-state index in [-0.39, 0.29) is 6.61 Å². The second-order valence-electron chi connectivity index (χ2n) is 9.69. The quantitative estimate of drug-likeness (QED) is 0.478. The topological polar surface area (TPSA) is 127 Å². The Hall–Kier alpha value is -3.56. The highest BCUT2D eigenvalue weighted by Crippen LogP contribution is 2.36. The summed E-state index contributed by atoms with van der Waals surface area (Å²) < 4.78 is 16.4. The SMILES string of the molecule is CC1CCC2(CC1)NC(=O)N(NC(=O)COC(=O)COc1ccc3oc4c(c3c1)CCCC4)C2=O. The van der Waals surface area contributed by atoms with E-state index in [9.17, 15) is 19.2 Å². The molecular formula is C25H29N3O7. The molecular weight excluding hydrogens is 454 g/mol. The number of aryl methyl sites for hydroxylation is 2. The zero-order valence-electron chi connectivity index (χ0n) is 19.7. The third-order valence-electron chi connectivity index (χ3n) is 7.17. The number of benzene rings is 1. The van der Waals surface area contributed by atoms with E-state index in [4.69, 9.17) is 13.9 Å². The van der Waals surface area contributed by atoms with Crippen LogP contribution in [0.3, 0.4) is 0 Å². The van der Waals surface area contributed by atoms with E-state index in [1.165, 1.54) is 5.56 Å². The number of hydrogen-bond acceptors (Lipinski definition) is 7. The first-order valence-electron chi connectivity index (χ1n) is 12.1. The maximum atomic E-state index is 12.8. The van der Waals surface area contributed by atoms with Gasteiger partial charge in [0.15, 0.2) is 13.2 Å². The fraction of sp³-hybridized carbons (Fsp3) is 0.520. The average molecular weight is 484 g/mol. The number of furan rings is 1. The number of hydrogen-bond donors (Lipinski definition) is 2. The minimum Gasteiger partial charge on any atom is -0.482 e. The lowest BCUT2D eigenvalue weighted by molar-refractivity contribution is -0.152. The zero-order chi connectivity index (χ0) is 24.6. The van der Waals surface area contributed by atoms with Crippen LogP contribution in [0.15, 0.2) is 22.6 Å². The molecule has 2 heterocycles. The molecule has 1 saturated carbocycles. The van der Waals surface area contributed by atoms with Crippen molar-refractivity contribution in [3.63, 3.8) is 0 Å². The molecule has 1 spiro atoms. The van der Waals surface area contributed by atoms with Gasteiger partial charge in [0.25, 0.3) is 11.8 Å². The highest BCUT2D eigenvalue weighted by atomic mass is 16.6.